The molecule has 35 heavy (non-hydrogen) atoms. The van der Waals surface area contributed by atoms with Crippen molar-refractivity contribution < 1.29 is 32.9 Å². The number of aryl methyl sites for hydroxylation is 1. The molecule has 0 bridgehead atoms. The third-order valence-corrected chi connectivity index (χ3v) is 4.76. The predicted molar refractivity (Wildman–Crippen MR) is 129 cm³/mol. The van der Waals surface area contributed by atoms with Crippen molar-refractivity contribution in [3.63, 3.8) is 0 Å². The Bertz CT molecular complexity index is 1200. The van der Waals surface area contributed by atoms with Crippen LogP contribution in [0.1, 0.15) is 59.8 Å². The van der Waals surface area contributed by atoms with Gasteiger partial charge in [0.05, 0.1) is 17.7 Å². The van der Waals surface area contributed by atoms with Crippen LogP contribution in [0, 0.1) is 11.8 Å². The maximum Gasteiger partial charge on any atom is 0.417 e. The number of carboxylic acids is 1. The number of aromatic hydroxyl groups is 1. The van der Waals surface area contributed by atoms with Crippen molar-refractivity contribution in [2.45, 2.75) is 39.8 Å². The van der Waals surface area contributed by atoms with Gasteiger partial charge >= 0.3 is 12.1 Å². The Labute approximate surface area is 203 Å². The van der Waals surface area contributed by atoms with E-state index in [1.165, 1.54) is 18.2 Å². The van der Waals surface area contributed by atoms with Gasteiger partial charge in [-0.05, 0) is 87.7 Å². The van der Waals surface area contributed by atoms with Gasteiger partial charge in [-0.3, -0.25) is 0 Å². The fourth-order valence-electron chi connectivity index (χ4n) is 3.08. The summed E-state index contributed by atoms with van der Waals surface area (Å²) in [5.41, 5.74) is 0.866. The highest BCUT2D eigenvalue weighted by atomic mass is 19.4. The molecule has 4 nitrogen and oxygen atoms in total. The summed E-state index contributed by atoms with van der Waals surface area (Å²) >= 11 is 0. The van der Waals surface area contributed by atoms with Crippen molar-refractivity contribution >= 4 is 5.97 Å². The normalized spacial score (nSPS) is 11.7. The lowest BCUT2D eigenvalue weighted by atomic mass is 9.99. The average molecular weight is 485 g/mol. The second kappa shape index (κ2) is 12.5. The van der Waals surface area contributed by atoms with Crippen LogP contribution >= 0.6 is 0 Å². The predicted octanol–water partition coefficient (Wildman–Crippen LogP) is 6.88. The van der Waals surface area contributed by atoms with Gasteiger partial charge in [-0.15, -0.1) is 0 Å². The summed E-state index contributed by atoms with van der Waals surface area (Å²) in [5, 5.41) is 18.8. The number of allylic oxidation sites excluding steroid dienone is 5. The van der Waals surface area contributed by atoms with Crippen LogP contribution in [-0.2, 0) is 17.3 Å². The first-order chi connectivity index (χ1) is 16.5. The van der Waals surface area contributed by atoms with Gasteiger partial charge in [0.1, 0.15) is 11.5 Å². The molecule has 0 saturated heterocycles. The summed E-state index contributed by atoms with van der Waals surface area (Å²) in [6.07, 6.45) is 3.74. The fraction of sp³-hybridized carbons (Fsp3) is 0.250. The minimum atomic E-state index is -4.68. The third-order valence-electron chi connectivity index (χ3n) is 4.76. The molecule has 184 valence electrons. The molecule has 2 N–H and O–H groups in total. The van der Waals surface area contributed by atoms with Crippen LogP contribution in [0.15, 0.2) is 72.0 Å². The van der Waals surface area contributed by atoms with E-state index < -0.39 is 23.5 Å². The van der Waals surface area contributed by atoms with Gasteiger partial charge in [-0.2, -0.15) is 13.2 Å². The summed E-state index contributed by atoms with van der Waals surface area (Å²) < 4.78 is 45.8. The summed E-state index contributed by atoms with van der Waals surface area (Å²) in [6, 6.07) is 7.18. The van der Waals surface area contributed by atoms with Crippen molar-refractivity contribution in [2.75, 3.05) is 6.61 Å². The number of alkyl halides is 3. The third kappa shape index (κ3) is 8.74. The molecule has 0 saturated carbocycles. The van der Waals surface area contributed by atoms with E-state index >= 15 is 0 Å². The van der Waals surface area contributed by atoms with E-state index in [0.29, 0.717) is 42.4 Å². The maximum absolute atomic E-state index is 13.3. The van der Waals surface area contributed by atoms with Crippen LogP contribution in [0.2, 0.25) is 0 Å². The minimum Gasteiger partial charge on any atom is -0.508 e. The van der Waals surface area contributed by atoms with Gasteiger partial charge < -0.3 is 14.9 Å². The number of hydrogen-bond donors (Lipinski definition) is 2. The van der Waals surface area contributed by atoms with Crippen molar-refractivity contribution in [3.05, 3.63) is 99.9 Å². The van der Waals surface area contributed by atoms with Crippen molar-refractivity contribution in [1.29, 1.82) is 0 Å². The van der Waals surface area contributed by atoms with Crippen LogP contribution in [0.25, 0.3) is 0 Å². The molecule has 0 radical (unpaired) electrons. The van der Waals surface area contributed by atoms with Gasteiger partial charge in [0.25, 0.3) is 0 Å². The van der Waals surface area contributed by atoms with Gasteiger partial charge in [0, 0.05) is 11.1 Å². The molecule has 0 fully saturated rings. The van der Waals surface area contributed by atoms with E-state index in [1.54, 1.807) is 0 Å². The number of aromatic carboxylic acids is 1. The SMILES string of the molecule is C/C=C\C(=C/C=C(C)C)OCCCc1cc(C(=O)O)ccc1C#Cc1ccc(O)cc1C(F)(F)F. The number of halogens is 3. The summed E-state index contributed by atoms with van der Waals surface area (Å²) in [5.74, 6) is 4.32. The van der Waals surface area contributed by atoms with Crippen LogP contribution in [0.5, 0.6) is 5.75 Å². The number of carbonyl (C=O) groups is 1. The van der Waals surface area contributed by atoms with E-state index in [1.807, 2.05) is 45.1 Å². The molecule has 0 atom stereocenters. The highest BCUT2D eigenvalue weighted by molar-refractivity contribution is 5.88. The van der Waals surface area contributed by atoms with E-state index in [2.05, 4.69) is 11.8 Å². The molecule has 0 aliphatic carbocycles. The smallest absolute Gasteiger partial charge is 0.417 e. The molecule has 0 amide bonds. The van der Waals surface area contributed by atoms with E-state index in [-0.39, 0.29) is 11.1 Å². The average Bonchev–Trinajstić information content (AvgIpc) is 2.78. The first-order valence-corrected chi connectivity index (χ1v) is 10.9. The zero-order chi connectivity index (χ0) is 26.0. The lowest BCUT2D eigenvalue weighted by Gasteiger charge is -2.10. The Morgan fingerprint density at radius 3 is 2.37 bits per heavy atom. The number of phenols is 1. The van der Waals surface area contributed by atoms with Crippen LogP contribution in [0.3, 0.4) is 0 Å². The molecule has 0 heterocycles. The molecule has 2 aromatic carbocycles. The van der Waals surface area contributed by atoms with Gasteiger partial charge in [-0.1, -0.05) is 29.6 Å². The van der Waals surface area contributed by atoms with Crippen LogP contribution in [-0.4, -0.2) is 22.8 Å². The molecular weight excluding hydrogens is 457 g/mol. The Morgan fingerprint density at radius 2 is 1.74 bits per heavy atom. The molecule has 2 aromatic rings. The molecular formula is C28H27F3O4. The van der Waals surface area contributed by atoms with Crippen molar-refractivity contribution in [2.24, 2.45) is 0 Å². The highest BCUT2D eigenvalue weighted by Crippen LogP contribution is 2.33. The van der Waals surface area contributed by atoms with E-state index in [4.69, 9.17) is 4.74 Å². The number of rotatable bonds is 8. The van der Waals surface area contributed by atoms with E-state index in [9.17, 15) is 28.2 Å². The van der Waals surface area contributed by atoms with Crippen LogP contribution < -0.4 is 0 Å². The van der Waals surface area contributed by atoms with Crippen LogP contribution in [0.4, 0.5) is 13.2 Å². The molecule has 0 spiro atoms. The second-order valence-electron chi connectivity index (χ2n) is 7.92. The Morgan fingerprint density at radius 1 is 1.06 bits per heavy atom. The number of hydrogen-bond acceptors (Lipinski definition) is 3. The fourth-order valence-corrected chi connectivity index (χ4v) is 3.08. The maximum atomic E-state index is 13.3. The van der Waals surface area contributed by atoms with Gasteiger partial charge in [0.2, 0.25) is 0 Å². The molecule has 0 aliphatic rings. The second-order valence-corrected chi connectivity index (χ2v) is 7.92. The number of ether oxygens (including phenoxy) is 1. The molecule has 0 unspecified atom stereocenters. The molecule has 0 aromatic heterocycles. The molecule has 0 aliphatic heterocycles. The monoisotopic (exact) mass is 484 g/mol. The van der Waals surface area contributed by atoms with E-state index in [0.717, 1.165) is 17.7 Å². The quantitative estimate of drug-likeness (QED) is 0.185. The lowest BCUT2D eigenvalue weighted by Crippen LogP contribution is -2.07. The van der Waals surface area contributed by atoms with Gasteiger partial charge in [-0.25, -0.2) is 4.79 Å². The van der Waals surface area contributed by atoms with Crippen molar-refractivity contribution in [3.8, 4) is 17.6 Å². The topological polar surface area (TPSA) is 66.8 Å². The Hall–Kier alpha value is -3.92. The zero-order valence-electron chi connectivity index (χ0n) is 19.7. The van der Waals surface area contributed by atoms with Crippen molar-refractivity contribution in [1.82, 2.24) is 0 Å². The zero-order valence-corrected chi connectivity index (χ0v) is 19.7. The minimum absolute atomic E-state index is 0.0603. The van der Waals surface area contributed by atoms with Gasteiger partial charge in [0.15, 0.2) is 0 Å². The standard InChI is InChI=1S/C28H27F3O4/c1-4-6-25(15-8-19(2)3)35-16-5-7-22-17-23(27(33)34)12-10-20(22)9-11-21-13-14-24(32)18-26(21)28(29,30)31/h4,6,8,10,12-15,17-18,32H,5,7,16H2,1-3H3,(H,33,34)/b6-4-,25-15+. The summed E-state index contributed by atoms with van der Waals surface area (Å²) in [7, 11) is 0. The lowest BCUT2D eigenvalue weighted by molar-refractivity contribution is -0.137. The molecule has 7 heteroatoms. The number of phenolic OH excluding ortho intramolecular Hbond substituents is 1. The number of carboxylic acid groups (broad SMARTS) is 1. The number of benzene rings is 2. The largest absolute Gasteiger partial charge is 0.508 e. The first-order valence-electron chi connectivity index (χ1n) is 10.9. The highest BCUT2D eigenvalue weighted by Gasteiger charge is 2.33. The first kappa shape index (κ1) is 27.3. The summed E-state index contributed by atoms with van der Waals surface area (Å²) in [6.45, 7) is 6.17. The Kier molecular flexibility index (Phi) is 9.77. The molecule has 2 rings (SSSR count). The summed E-state index contributed by atoms with van der Waals surface area (Å²) in [4.78, 5) is 11.4. The Balaban J connectivity index is 2.29.